The maximum Gasteiger partial charge on any atom is 0.340 e. The highest BCUT2D eigenvalue weighted by molar-refractivity contribution is 5.88. The lowest BCUT2D eigenvalue weighted by atomic mass is 9.91. The highest BCUT2D eigenvalue weighted by Gasteiger charge is 2.26. The van der Waals surface area contributed by atoms with E-state index in [0.29, 0.717) is 28.7 Å². The van der Waals surface area contributed by atoms with E-state index in [1.54, 1.807) is 13.0 Å². The maximum absolute atomic E-state index is 13.0. The normalized spacial score (nSPS) is 15.5. The van der Waals surface area contributed by atoms with E-state index in [1.807, 2.05) is 19.1 Å². The highest BCUT2D eigenvalue weighted by Crippen LogP contribution is 2.36. The molecule has 5 rings (SSSR count). The number of phenolic OH excluding ortho intramolecular Hbond substituents is 1. The lowest BCUT2D eigenvalue weighted by Crippen LogP contribution is -2.33. The Morgan fingerprint density at radius 3 is 2.91 bits per heavy atom. The van der Waals surface area contributed by atoms with E-state index in [-0.39, 0.29) is 24.1 Å². The van der Waals surface area contributed by atoms with Crippen molar-refractivity contribution in [2.24, 2.45) is 0 Å². The van der Waals surface area contributed by atoms with E-state index in [2.05, 4.69) is 16.4 Å². The molecule has 1 unspecified atom stereocenters. The van der Waals surface area contributed by atoms with Gasteiger partial charge in [0.25, 0.3) is 0 Å². The Labute approximate surface area is 190 Å². The van der Waals surface area contributed by atoms with Crippen molar-refractivity contribution in [1.29, 1.82) is 0 Å². The molecule has 0 saturated heterocycles. The molecule has 0 saturated carbocycles. The van der Waals surface area contributed by atoms with E-state index in [9.17, 15) is 14.7 Å². The van der Waals surface area contributed by atoms with E-state index in [0.717, 1.165) is 41.6 Å². The number of aromatic nitrogens is 1. The van der Waals surface area contributed by atoms with Gasteiger partial charge in [0.05, 0.1) is 24.6 Å². The molecule has 0 fully saturated rings. The molecule has 3 N–H and O–H groups in total. The van der Waals surface area contributed by atoms with Crippen molar-refractivity contribution < 1.29 is 19.1 Å². The molecule has 0 aliphatic heterocycles. The van der Waals surface area contributed by atoms with Gasteiger partial charge in [-0.1, -0.05) is 0 Å². The third kappa shape index (κ3) is 3.84. The first-order valence-electron chi connectivity index (χ1n) is 11.3. The van der Waals surface area contributed by atoms with Gasteiger partial charge >= 0.3 is 5.63 Å². The fraction of sp³-hybridized carbons (Fsp3) is 0.308. The quantitative estimate of drug-likeness (QED) is 0.394. The van der Waals surface area contributed by atoms with Crippen LogP contribution in [0.5, 0.6) is 11.5 Å². The molecule has 0 bridgehead atoms. The first kappa shape index (κ1) is 21.1. The largest absolute Gasteiger partial charge is 0.508 e. The van der Waals surface area contributed by atoms with E-state index in [4.69, 9.17) is 9.15 Å². The summed E-state index contributed by atoms with van der Waals surface area (Å²) in [6.07, 6.45) is 2.67. The number of H-pyrrole nitrogens is 1. The van der Waals surface area contributed by atoms with Gasteiger partial charge in [-0.15, -0.1) is 0 Å². The number of carbonyl (C=O) groups excluding carboxylic acids is 1. The van der Waals surface area contributed by atoms with Crippen LogP contribution in [-0.4, -0.2) is 22.6 Å². The minimum absolute atomic E-state index is 0.0235. The Morgan fingerprint density at radius 1 is 1.24 bits per heavy atom. The van der Waals surface area contributed by atoms with Gasteiger partial charge in [0.15, 0.2) is 0 Å². The molecule has 4 aromatic rings. The topological polar surface area (TPSA) is 105 Å². The number of aromatic hydroxyl groups is 1. The number of nitrogens with one attached hydrogen (secondary N) is 2. The van der Waals surface area contributed by atoms with Gasteiger partial charge in [-0.25, -0.2) is 4.79 Å². The number of ether oxygens (including phenoxy) is 1. The average Bonchev–Trinajstić information content (AvgIpc) is 3.16. The first-order valence-corrected chi connectivity index (χ1v) is 11.3. The zero-order valence-electron chi connectivity index (χ0n) is 18.7. The second kappa shape index (κ2) is 8.31. The number of amides is 1. The van der Waals surface area contributed by atoms with Crippen LogP contribution in [0.3, 0.4) is 0 Å². The predicted octanol–water partition coefficient (Wildman–Crippen LogP) is 4.42. The second-order valence-corrected chi connectivity index (χ2v) is 8.52. The molecule has 0 spiro atoms. The fourth-order valence-electron chi connectivity index (χ4n) is 4.84. The summed E-state index contributed by atoms with van der Waals surface area (Å²) in [7, 11) is 0. The van der Waals surface area contributed by atoms with Gasteiger partial charge in [0, 0.05) is 28.0 Å². The predicted molar refractivity (Wildman–Crippen MR) is 126 cm³/mol. The number of fused-ring (bicyclic) bond motifs is 4. The van der Waals surface area contributed by atoms with Gasteiger partial charge in [-0.3, -0.25) is 4.79 Å². The van der Waals surface area contributed by atoms with Crippen LogP contribution in [0, 0.1) is 6.92 Å². The molecule has 2 aromatic carbocycles. The Balaban J connectivity index is 1.41. The van der Waals surface area contributed by atoms with Gasteiger partial charge in [-0.05, 0) is 74.6 Å². The number of rotatable bonds is 5. The number of phenols is 1. The monoisotopic (exact) mass is 446 g/mol. The molecular weight excluding hydrogens is 420 g/mol. The van der Waals surface area contributed by atoms with Crippen molar-refractivity contribution in [3.05, 3.63) is 69.2 Å². The highest BCUT2D eigenvalue weighted by atomic mass is 16.5. The molecular formula is C26H26N2O5. The average molecular weight is 447 g/mol. The van der Waals surface area contributed by atoms with Gasteiger partial charge < -0.3 is 24.6 Å². The molecule has 2 heterocycles. The summed E-state index contributed by atoms with van der Waals surface area (Å²) < 4.78 is 11.0. The lowest BCUT2D eigenvalue weighted by Gasteiger charge is -2.24. The molecule has 170 valence electrons. The number of carbonyl (C=O) groups is 1. The van der Waals surface area contributed by atoms with Crippen molar-refractivity contribution in [2.45, 2.75) is 45.6 Å². The number of aromatic amines is 1. The molecule has 7 heteroatoms. The summed E-state index contributed by atoms with van der Waals surface area (Å²) in [5.74, 6) is 0.634. The van der Waals surface area contributed by atoms with Crippen molar-refractivity contribution in [2.75, 3.05) is 6.61 Å². The molecule has 1 aliphatic rings. The van der Waals surface area contributed by atoms with E-state index in [1.165, 1.54) is 17.7 Å². The Morgan fingerprint density at radius 2 is 2.09 bits per heavy atom. The summed E-state index contributed by atoms with van der Waals surface area (Å²) in [6.45, 7) is 4.37. The summed E-state index contributed by atoms with van der Waals surface area (Å²) >= 11 is 0. The summed E-state index contributed by atoms with van der Waals surface area (Å²) in [4.78, 5) is 29.0. The SMILES string of the molecule is CCOc1ccc2[nH]c3c(c2c1)CCCC3NC(=O)Cc1c(C)c2ccc(O)cc2oc1=O. The third-order valence-electron chi connectivity index (χ3n) is 6.43. The number of benzene rings is 2. The molecule has 2 aromatic heterocycles. The Bertz CT molecular complexity index is 1430. The minimum atomic E-state index is -0.556. The van der Waals surface area contributed by atoms with E-state index < -0.39 is 5.63 Å². The van der Waals surface area contributed by atoms with Gasteiger partial charge in [0.1, 0.15) is 17.1 Å². The minimum Gasteiger partial charge on any atom is -0.508 e. The molecule has 1 atom stereocenters. The molecule has 0 radical (unpaired) electrons. The molecule has 1 aliphatic carbocycles. The smallest absolute Gasteiger partial charge is 0.340 e. The third-order valence-corrected chi connectivity index (χ3v) is 6.43. The first-order chi connectivity index (χ1) is 15.9. The Kier molecular flexibility index (Phi) is 5.32. The van der Waals surface area contributed by atoms with Crippen molar-refractivity contribution in [3.63, 3.8) is 0 Å². The maximum atomic E-state index is 13.0. The zero-order chi connectivity index (χ0) is 23.1. The Hall–Kier alpha value is -3.74. The van der Waals surface area contributed by atoms with Crippen LogP contribution in [0.2, 0.25) is 0 Å². The van der Waals surface area contributed by atoms with Gasteiger partial charge in [-0.2, -0.15) is 0 Å². The lowest BCUT2D eigenvalue weighted by molar-refractivity contribution is -0.121. The number of hydrogen-bond donors (Lipinski definition) is 3. The van der Waals surface area contributed by atoms with Crippen molar-refractivity contribution in [3.8, 4) is 11.5 Å². The van der Waals surface area contributed by atoms with Crippen LogP contribution < -0.4 is 15.7 Å². The van der Waals surface area contributed by atoms with E-state index >= 15 is 0 Å². The zero-order valence-corrected chi connectivity index (χ0v) is 18.7. The van der Waals surface area contributed by atoms with Crippen LogP contribution >= 0.6 is 0 Å². The summed E-state index contributed by atoms with van der Waals surface area (Å²) in [5.41, 5.74) is 4.04. The van der Waals surface area contributed by atoms with Crippen molar-refractivity contribution >= 4 is 27.8 Å². The van der Waals surface area contributed by atoms with Crippen LogP contribution in [-0.2, 0) is 17.6 Å². The molecule has 1 amide bonds. The van der Waals surface area contributed by atoms with Crippen molar-refractivity contribution in [1.82, 2.24) is 10.3 Å². The van der Waals surface area contributed by atoms with Crippen LogP contribution in [0.25, 0.3) is 21.9 Å². The molecule has 33 heavy (non-hydrogen) atoms. The van der Waals surface area contributed by atoms with Crippen LogP contribution in [0.4, 0.5) is 0 Å². The number of hydrogen-bond acceptors (Lipinski definition) is 5. The van der Waals surface area contributed by atoms with Crippen LogP contribution in [0.1, 0.15) is 48.2 Å². The van der Waals surface area contributed by atoms with Gasteiger partial charge in [0.2, 0.25) is 5.91 Å². The second-order valence-electron chi connectivity index (χ2n) is 8.52. The summed E-state index contributed by atoms with van der Waals surface area (Å²) in [5, 5.41) is 14.6. The molecule has 7 nitrogen and oxygen atoms in total. The number of aryl methyl sites for hydroxylation is 2. The fourth-order valence-corrected chi connectivity index (χ4v) is 4.84. The van der Waals surface area contributed by atoms with Crippen LogP contribution in [0.15, 0.2) is 45.6 Å². The standard InChI is InChI=1S/C26H26N2O5/c1-3-32-16-8-10-21-20(12-16)18-5-4-6-22(25(18)28-21)27-24(30)13-19-14(2)17-9-7-15(29)11-23(17)33-26(19)31/h7-12,22,28-29H,3-6,13H2,1-2H3,(H,27,30). The summed E-state index contributed by atoms with van der Waals surface area (Å²) in [6, 6.07) is 10.5.